The third-order valence-corrected chi connectivity index (χ3v) is 7.52. The zero-order valence-corrected chi connectivity index (χ0v) is 23.4. The standard InChI is InChI=1S/C32H41N5O3/c1-24-9-11-26(7-4-17-38)29(20-24)34-22-25-10-12-28-30(21-25)37(23-27-6-2-3-8-31(27)39)32(35-28)33-13-5-14-36-15-18-40-19-16-36/h2-3,6,8-12,20-21,34,38-39H,4-5,7,13-19,22-23H2,1H3,(H,33,35). The molecule has 4 N–H and O–H groups in total. The van der Waals surface area contributed by atoms with Crippen molar-refractivity contribution in [2.75, 3.05) is 56.6 Å². The molecular formula is C32H41N5O3. The minimum absolute atomic E-state index is 0.189. The Balaban J connectivity index is 1.35. The number of benzene rings is 3. The number of anilines is 2. The number of aromatic nitrogens is 2. The highest BCUT2D eigenvalue weighted by Gasteiger charge is 2.15. The number of ether oxygens (including phenoxy) is 1. The van der Waals surface area contributed by atoms with Crippen molar-refractivity contribution in [3.63, 3.8) is 0 Å². The summed E-state index contributed by atoms with van der Waals surface area (Å²) in [5.74, 6) is 1.10. The van der Waals surface area contributed by atoms with Gasteiger partial charge in [-0.3, -0.25) is 4.90 Å². The number of phenolic OH excluding ortho intramolecular Hbond substituents is 1. The van der Waals surface area contributed by atoms with Crippen molar-refractivity contribution in [1.82, 2.24) is 14.5 Å². The number of aryl methyl sites for hydroxylation is 2. The van der Waals surface area contributed by atoms with E-state index in [9.17, 15) is 10.2 Å². The lowest BCUT2D eigenvalue weighted by Gasteiger charge is -2.26. The molecule has 0 spiro atoms. The topological polar surface area (TPSA) is 94.8 Å². The molecule has 1 fully saturated rings. The fourth-order valence-corrected chi connectivity index (χ4v) is 5.26. The van der Waals surface area contributed by atoms with E-state index in [4.69, 9.17) is 9.72 Å². The highest BCUT2D eigenvalue weighted by molar-refractivity contribution is 5.80. The fraction of sp³-hybridized carbons (Fsp3) is 0.406. The van der Waals surface area contributed by atoms with Gasteiger partial charge in [-0.1, -0.05) is 36.4 Å². The molecule has 0 bridgehead atoms. The normalized spacial score (nSPS) is 14.1. The quantitative estimate of drug-likeness (QED) is 0.181. The third kappa shape index (κ3) is 7.13. The summed E-state index contributed by atoms with van der Waals surface area (Å²) < 4.78 is 7.63. The van der Waals surface area contributed by atoms with E-state index >= 15 is 0 Å². The van der Waals surface area contributed by atoms with Crippen molar-refractivity contribution in [3.05, 3.63) is 82.9 Å². The molecule has 3 aromatic carbocycles. The van der Waals surface area contributed by atoms with Crippen LogP contribution < -0.4 is 10.6 Å². The van der Waals surface area contributed by atoms with Crippen LogP contribution >= 0.6 is 0 Å². The number of aliphatic hydroxyl groups is 1. The van der Waals surface area contributed by atoms with Crippen LogP contribution in [-0.2, 0) is 24.2 Å². The first kappa shape index (κ1) is 28.0. The van der Waals surface area contributed by atoms with E-state index in [-0.39, 0.29) is 12.4 Å². The Morgan fingerprint density at radius 1 is 0.950 bits per heavy atom. The molecule has 0 unspecified atom stereocenters. The SMILES string of the molecule is Cc1ccc(CCCO)c(NCc2ccc3nc(NCCCN4CCOCC4)n(Cc4ccccc4O)c3c2)c1. The van der Waals surface area contributed by atoms with E-state index in [2.05, 4.69) is 63.4 Å². The lowest BCUT2D eigenvalue weighted by atomic mass is 10.0. The van der Waals surface area contributed by atoms with Crippen molar-refractivity contribution in [2.24, 2.45) is 0 Å². The fourth-order valence-electron chi connectivity index (χ4n) is 5.26. The van der Waals surface area contributed by atoms with Gasteiger partial charge < -0.3 is 30.2 Å². The molecule has 1 aromatic heterocycles. The van der Waals surface area contributed by atoms with Crippen LogP contribution in [0.1, 0.15) is 35.1 Å². The van der Waals surface area contributed by atoms with Gasteiger partial charge >= 0.3 is 0 Å². The number of morpholine rings is 1. The summed E-state index contributed by atoms with van der Waals surface area (Å²) in [6.45, 7) is 8.95. The van der Waals surface area contributed by atoms with Crippen LogP contribution in [0.5, 0.6) is 5.75 Å². The average Bonchev–Trinajstić information content (AvgIpc) is 3.31. The maximum atomic E-state index is 10.5. The largest absolute Gasteiger partial charge is 0.508 e. The Labute approximate surface area is 236 Å². The Hall–Kier alpha value is -3.59. The molecule has 212 valence electrons. The molecule has 2 heterocycles. The number of aliphatic hydroxyl groups excluding tert-OH is 1. The van der Waals surface area contributed by atoms with Crippen LogP contribution in [0.25, 0.3) is 11.0 Å². The molecule has 0 amide bonds. The second-order valence-corrected chi connectivity index (χ2v) is 10.5. The van der Waals surface area contributed by atoms with Crippen LogP contribution in [0, 0.1) is 6.92 Å². The van der Waals surface area contributed by atoms with E-state index in [0.717, 1.165) is 92.5 Å². The lowest BCUT2D eigenvalue weighted by Crippen LogP contribution is -2.37. The van der Waals surface area contributed by atoms with Crippen molar-refractivity contribution in [3.8, 4) is 5.75 Å². The second-order valence-electron chi connectivity index (χ2n) is 10.5. The average molecular weight is 544 g/mol. The van der Waals surface area contributed by atoms with Gasteiger partial charge in [-0.05, 0) is 73.7 Å². The van der Waals surface area contributed by atoms with Gasteiger partial charge in [-0.2, -0.15) is 0 Å². The monoisotopic (exact) mass is 543 g/mol. The molecular weight excluding hydrogens is 502 g/mol. The Kier molecular flexibility index (Phi) is 9.54. The predicted molar refractivity (Wildman–Crippen MR) is 161 cm³/mol. The van der Waals surface area contributed by atoms with Crippen molar-refractivity contribution in [1.29, 1.82) is 0 Å². The molecule has 1 saturated heterocycles. The maximum absolute atomic E-state index is 10.5. The van der Waals surface area contributed by atoms with E-state index in [1.807, 2.05) is 18.2 Å². The summed E-state index contributed by atoms with van der Waals surface area (Å²) in [5, 5.41) is 27.0. The predicted octanol–water partition coefficient (Wildman–Crippen LogP) is 4.77. The minimum Gasteiger partial charge on any atom is -0.508 e. The molecule has 8 nitrogen and oxygen atoms in total. The second kappa shape index (κ2) is 13.7. The van der Waals surface area contributed by atoms with Crippen LogP contribution in [-0.4, -0.2) is 70.7 Å². The molecule has 5 rings (SSSR count). The molecule has 0 radical (unpaired) electrons. The molecule has 0 saturated carbocycles. The van der Waals surface area contributed by atoms with Crippen LogP contribution in [0.4, 0.5) is 11.6 Å². The van der Waals surface area contributed by atoms with Crippen molar-refractivity contribution in [2.45, 2.75) is 39.3 Å². The number of phenols is 1. The maximum Gasteiger partial charge on any atom is 0.204 e. The summed E-state index contributed by atoms with van der Waals surface area (Å²) in [6, 6.07) is 20.3. The highest BCUT2D eigenvalue weighted by Crippen LogP contribution is 2.27. The number of rotatable bonds is 13. The molecule has 40 heavy (non-hydrogen) atoms. The van der Waals surface area contributed by atoms with Gasteiger partial charge in [0.1, 0.15) is 5.75 Å². The molecule has 0 atom stereocenters. The smallest absolute Gasteiger partial charge is 0.204 e. The molecule has 0 aliphatic carbocycles. The number of hydrogen-bond acceptors (Lipinski definition) is 7. The number of fused-ring (bicyclic) bond motifs is 1. The van der Waals surface area contributed by atoms with Crippen molar-refractivity contribution >= 4 is 22.7 Å². The van der Waals surface area contributed by atoms with E-state index < -0.39 is 0 Å². The van der Waals surface area contributed by atoms with Crippen LogP contribution in [0.2, 0.25) is 0 Å². The van der Waals surface area contributed by atoms with Crippen LogP contribution in [0.15, 0.2) is 60.7 Å². The van der Waals surface area contributed by atoms with Crippen molar-refractivity contribution < 1.29 is 14.9 Å². The van der Waals surface area contributed by atoms with Gasteiger partial charge in [-0.15, -0.1) is 0 Å². The first-order valence-electron chi connectivity index (χ1n) is 14.3. The number of hydrogen-bond donors (Lipinski definition) is 4. The van der Waals surface area contributed by atoms with E-state index in [1.54, 1.807) is 6.07 Å². The van der Waals surface area contributed by atoms with Gasteiger partial charge in [-0.25, -0.2) is 4.98 Å². The van der Waals surface area contributed by atoms with Gasteiger partial charge in [0, 0.05) is 44.0 Å². The first-order chi connectivity index (χ1) is 19.6. The lowest BCUT2D eigenvalue weighted by molar-refractivity contribution is 0.0378. The number of imidazole rings is 1. The Morgan fingerprint density at radius 3 is 2.62 bits per heavy atom. The number of para-hydroxylation sites is 1. The van der Waals surface area contributed by atoms with E-state index in [1.165, 1.54) is 11.1 Å². The first-order valence-corrected chi connectivity index (χ1v) is 14.3. The Bertz CT molecular complexity index is 1400. The minimum atomic E-state index is 0.189. The summed E-state index contributed by atoms with van der Waals surface area (Å²) in [7, 11) is 0. The zero-order valence-electron chi connectivity index (χ0n) is 23.4. The van der Waals surface area contributed by atoms with Gasteiger partial charge in [0.15, 0.2) is 0 Å². The zero-order chi connectivity index (χ0) is 27.7. The summed E-state index contributed by atoms with van der Waals surface area (Å²) >= 11 is 0. The molecule has 8 heteroatoms. The van der Waals surface area contributed by atoms with Crippen LogP contribution in [0.3, 0.4) is 0 Å². The Morgan fingerprint density at radius 2 is 1.80 bits per heavy atom. The molecule has 4 aromatic rings. The molecule has 1 aliphatic rings. The molecule has 1 aliphatic heterocycles. The third-order valence-electron chi connectivity index (χ3n) is 7.52. The summed E-state index contributed by atoms with van der Waals surface area (Å²) in [6.07, 6.45) is 2.60. The summed E-state index contributed by atoms with van der Waals surface area (Å²) in [5.41, 5.74) is 7.50. The number of nitrogens with one attached hydrogen (secondary N) is 2. The van der Waals surface area contributed by atoms with Gasteiger partial charge in [0.2, 0.25) is 5.95 Å². The highest BCUT2D eigenvalue weighted by atomic mass is 16.5. The van der Waals surface area contributed by atoms with E-state index in [0.29, 0.717) is 13.1 Å². The summed E-state index contributed by atoms with van der Waals surface area (Å²) in [4.78, 5) is 7.38. The number of nitrogens with zero attached hydrogens (tertiary/aromatic N) is 3. The van der Waals surface area contributed by atoms with Gasteiger partial charge in [0.25, 0.3) is 0 Å². The number of aromatic hydroxyl groups is 1. The van der Waals surface area contributed by atoms with Gasteiger partial charge in [0.05, 0.1) is 30.8 Å².